The molecule has 2 aromatic rings. The number of sulfonamides is 1. The monoisotopic (exact) mass is 344 g/mol. The Hall–Kier alpha value is -2.14. The molecule has 0 fully saturated rings. The van der Waals surface area contributed by atoms with Gasteiger partial charge in [0.15, 0.2) is 0 Å². The van der Waals surface area contributed by atoms with Crippen molar-refractivity contribution in [1.82, 2.24) is 4.83 Å². The predicted molar refractivity (Wildman–Crippen MR) is 98.6 cm³/mol. The highest BCUT2D eigenvalue weighted by Gasteiger charge is 2.13. The van der Waals surface area contributed by atoms with Gasteiger partial charge in [0.2, 0.25) is 0 Å². The molecule has 128 valence electrons. The van der Waals surface area contributed by atoms with Crippen molar-refractivity contribution in [1.29, 1.82) is 0 Å². The largest absolute Gasteiger partial charge is 0.276 e. The Morgan fingerprint density at radius 3 is 2.29 bits per heavy atom. The highest BCUT2D eigenvalue weighted by Crippen LogP contribution is 2.12. The van der Waals surface area contributed by atoms with E-state index >= 15 is 0 Å². The molecule has 2 rings (SSSR count). The van der Waals surface area contributed by atoms with Gasteiger partial charge in [0, 0.05) is 0 Å². The van der Waals surface area contributed by atoms with Crippen LogP contribution < -0.4 is 4.83 Å². The first-order chi connectivity index (χ1) is 11.5. The molecule has 4 nitrogen and oxygen atoms in total. The zero-order valence-corrected chi connectivity index (χ0v) is 15.0. The van der Waals surface area contributed by atoms with Gasteiger partial charge in [-0.15, -0.1) is 0 Å². The van der Waals surface area contributed by atoms with Crippen LogP contribution in [0.15, 0.2) is 64.6 Å². The lowest BCUT2D eigenvalue weighted by Crippen LogP contribution is -2.20. The fourth-order valence-corrected chi connectivity index (χ4v) is 3.15. The van der Waals surface area contributed by atoms with E-state index in [1.165, 1.54) is 0 Å². The van der Waals surface area contributed by atoms with Crippen LogP contribution in [0.2, 0.25) is 0 Å². The predicted octanol–water partition coefficient (Wildman–Crippen LogP) is 4.26. The topological polar surface area (TPSA) is 58.5 Å². The second-order valence-electron chi connectivity index (χ2n) is 5.79. The second-order valence-corrected chi connectivity index (χ2v) is 7.45. The van der Waals surface area contributed by atoms with Crippen LogP contribution in [0.3, 0.4) is 0 Å². The maximum absolute atomic E-state index is 12.4. The standard InChI is InChI=1S/C19H24N2O2S/c1-3-4-6-11-19(17-9-7-5-8-10-17)20-21-24(22,23)18-14-12-16(2)13-15-18/h5,7-10,12-15,21H,3-4,6,11H2,1-2H3/b20-19-. The van der Waals surface area contributed by atoms with E-state index in [0.717, 1.165) is 42.5 Å². The molecule has 0 heterocycles. The van der Waals surface area contributed by atoms with Crippen molar-refractivity contribution < 1.29 is 8.42 Å². The van der Waals surface area contributed by atoms with Crippen molar-refractivity contribution in [3.8, 4) is 0 Å². The Balaban J connectivity index is 2.21. The van der Waals surface area contributed by atoms with Crippen LogP contribution in [-0.4, -0.2) is 14.1 Å². The van der Waals surface area contributed by atoms with Gasteiger partial charge in [0.25, 0.3) is 10.0 Å². The molecule has 2 aromatic carbocycles. The number of nitrogens with one attached hydrogen (secondary N) is 1. The first-order valence-corrected chi connectivity index (χ1v) is 9.71. The Morgan fingerprint density at radius 1 is 1.00 bits per heavy atom. The van der Waals surface area contributed by atoms with E-state index in [1.807, 2.05) is 37.3 Å². The molecule has 0 saturated heterocycles. The van der Waals surface area contributed by atoms with E-state index < -0.39 is 10.0 Å². The molecule has 5 heteroatoms. The summed E-state index contributed by atoms with van der Waals surface area (Å²) in [5.41, 5.74) is 2.72. The van der Waals surface area contributed by atoms with Crippen LogP contribution in [-0.2, 0) is 10.0 Å². The van der Waals surface area contributed by atoms with Crippen LogP contribution in [0.5, 0.6) is 0 Å². The molecule has 0 bridgehead atoms. The Morgan fingerprint density at radius 2 is 1.67 bits per heavy atom. The normalized spacial score (nSPS) is 12.2. The fraction of sp³-hybridized carbons (Fsp3) is 0.316. The van der Waals surface area contributed by atoms with Crippen LogP contribution in [0.25, 0.3) is 0 Å². The van der Waals surface area contributed by atoms with Gasteiger partial charge in [-0.05, 0) is 37.5 Å². The van der Waals surface area contributed by atoms with Gasteiger partial charge in [-0.3, -0.25) is 0 Å². The minimum atomic E-state index is -3.65. The lowest BCUT2D eigenvalue weighted by molar-refractivity contribution is 0.584. The zero-order valence-electron chi connectivity index (χ0n) is 14.2. The molecule has 0 aliphatic rings. The van der Waals surface area contributed by atoms with Crippen LogP contribution in [0.1, 0.15) is 43.7 Å². The van der Waals surface area contributed by atoms with Crippen molar-refractivity contribution in [2.24, 2.45) is 5.10 Å². The van der Waals surface area contributed by atoms with Gasteiger partial charge in [-0.2, -0.15) is 18.4 Å². The Kier molecular flexibility index (Phi) is 6.55. The van der Waals surface area contributed by atoms with Crippen molar-refractivity contribution in [2.75, 3.05) is 0 Å². The van der Waals surface area contributed by atoms with Crippen molar-refractivity contribution in [3.63, 3.8) is 0 Å². The lowest BCUT2D eigenvalue weighted by atomic mass is 10.0. The van der Waals surface area contributed by atoms with Crippen LogP contribution in [0, 0.1) is 6.92 Å². The van der Waals surface area contributed by atoms with Gasteiger partial charge in [-0.1, -0.05) is 67.8 Å². The number of nitrogens with zero attached hydrogens (tertiary/aromatic N) is 1. The lowest BCUT2D eigenvalue weighted by Gasteiger charge is -2.09. The number of hydrazone groups is 1. The third-order valence-corrected chi connectivity index (χ3v) is 4.98. The molecule has 0 saturated carbocycles. The summed E-state index contributed by atoms with van der Waals surface area (Å²) in [6.45, 7) is 4.06. The summed E-state index contributed by atoms with van der Waals surface area (Å²) in [5, 5.41) is 4.21. The third kappa shape index (κ3) is 5.20. The first-order valence-electron chi connectivity index (χ1n) is 8.23. The van der Waals surface area contributed by atoms with Gasteiger partial charge in [0.05, 0.1) is 10.6 Å². The molecule has 0 aliphatic carbocycles. The van der Waals surface area contributed by atoms with E-state index in [9.17, 15) is 8.42 Å². The van der Waals surface area contributed by atoms with E-state index in [-0.39, 0.29) is 4.90 Å². The average molecular weight is 344 g/mol. The minimum Gasteiger partial charge on any atom is -0.200 e. The Labute approximate surface area is 144 Å². The highest BCUT2D eigenvalue weighted by atomic mass is 32.2. The molecule has 0 aromatic heterocycles. The van der Waals surface area contributed by atoms with Gasteiger partial charge in [-0.25, -0.2) is 0 Å². The zero-order chi connectivity index (χ0) is 17.4. The molecule has 24 heavy (non-hydrogen) atoms. The smallest absolute Gasteiger partial charge is 0.200 e. The molecule has 0 spiro atoms. The van der Waals surface area contributed by atoms with Gasteiger partial charge in [0.1, 0.15) is 0 Å². The third-order valence-electron chi connectivity index (χ3n) is 3.76. The summed E-state index contributed by atoms with van der Waals surface area (Å²) < 4.78 is 24.8. The molecule has 0 atom stereocenters. The summed E-state index contributed by atoms with van der Waals surface area (Å²) in [5.74, 6) is 0. The summed E-state index contributed by atoms with van der Waals surface area (Å²) in [6, 6.07) is 16.4. The van der Waals surface area contributed by atoms with Crippen LogP contribution >= 0.6 is 0 Å². The van der Waals surface area contributed by atoms with E-state index in [0.29, 0.717) is 0 Å². The van der Waals surface area contributed by atoms with Gasteiger partial charge < -0.3 is 0 Å². The number of rotatable bonds is 8. The molecule has 0 aliphatic heterocycles. The maximum atomic E-state index is 12.4. The van der Waals surface area contributed by atoms with Crippen LogP contribution in [0.4, 0.5) is 0 Å². The molecule has 0 radical (unpaired) electrons. The summed E-state index contributed by atoms with van der Waals surface area (Å²) in [7, 11) is -3.65. The van der Waals surface area contributed by atoms with E-state index in [1.54, 1.807) is 24.3 Å². The summed E-state index contributed by atoms with van der Waals surface area (Å²) in [4.78, 5) is 2.60. The molecule has 1 N–H and O–H groups in total. The summed E-state index contributed by atoms with van der Waals surface area (Å²) >= 11 is 0. The van der Waals surface area contributed by atoms with Crippen molar-refractivity contribution in [2.45, 2.75) is 44.4 Å². The van der Waals surface area contributed by atoms with Crippen molar-refractivity contribution >= 4 is 15.7 Å². The average Bonchev–Trinajstić information content (AvgIpc) is 2.59. The van der Waals surface area contributed by atoms with Gasteiger partial charge >= 0.3 is 0 Å². The van der Waals surface area contributed by atoms with E-state index in [2.05, 4.69) is 16.9 Å². The fourth-order valence-electron chi connectivity index (χ4n) is 2.32. The highest BCUT2D eigenvalue weighted by molar-refractivity contribution is 7.89. The number of benzene rings is 2. The SMILES string of the molecule is CCCCC/C(=N/NS(=O)(=O)c1ccc(C)cc1)c1ccccc1. The maximum Gasteiger partial charge on any atom is 0.276 e. The Bertz CT molecular complexity index is 767. The number of unbranched alkanes of at least 4 members (excludes halogenated alkanes) is 2. The molecular formula is C19H24N2O2S. The number of aryl methyl sites for hydroxylation is 1. The van der Waals surface area contributed by atoms with Crippen molar-refractivity contribution in [3.05, 3.63) is 65.7 Å². The quantitative estimate of drug-likeness (QED) is 0.442. The molecule has 0 amide bonds. The number of hydrogen-bond acceptors (Lipinski definition) is 3. The van der Waals surface area contributed by atoms with E-state index in [4.69, 9.17) is 0 Å². The minimum absolute atomic E-state index is 0.220. The summed E-state index contributed by atoms with van der Waals surface area (Å²) in [6.07, 6.45) is 3.93. The molecular weight excluding hydrogens is 320 g/mol. The second kappa shape index (κ2) is 8.64. The first kappa shape index (κ1) is 18.2. The molecule has 0 unspecified atom stereocenters. The number of hydrogen-bond donors (Lipinski definition) is 1.